The van der Waals surface area contributed by atoms with Gasteiger partial charge in [0.1, 0.15) is 11.8 Å². The number of para-hydroxylation sites is 1. The molecule has 164 valence electrons. The molecule has 0 saturated heterocycles. The molecule has 0 unspecified atom stereocenters. The Morgan fingerprint density at radius 2 is 1.62 bits per heavy atom. The van der Waals surface area contributed by atoms with Crippen LogP contribution < -0.4 is 9.46 Å². The van der Waals surface area contributed by atoms with Gasteiger partial charge in [0.2, 0.25) is 10.0 Å². The lowest BCUT2D eigenvalue weighted by Crippen LogP contribution is -2.42. The van der Waals surface area contributed by atoms with Gasteiger partial charge in [-0.3, -0.25) is 4.79 Å². The van der Waals surface area contributed by atoms with Crippen LogP contribution in [0.5, 0.6) is 5.75 Å². The molecule has 7 nitrogen and oxygen atoms in total. The molecule has 0 aliphatic carbocycles. The zero-order valence-corrected chi connectivity index (χ0v) is 18.1. The van der Waals surface area contributed by atoms with E-state index in [4.69, 9.17) is 4.74 Å². The smallest absolute Gasteiger partial charge is 0.322 e. The topological polar surface area (TPSA) is 108 Å². The predicted octanol–water partition coefficient (Wildman–Crippen LogP) is 3.82. The maximum absolute atomic E-state index is 12.9. The second-order valence-corrected chi connectivity index (χ2v) is 9.04. The number of H-pyrrole nitrogens is 1. The first-order valence-electron chi connectivity index (χ1n) is 9.92. The van der Waals surface area contributed by atoms with Gasteiger partial charge in [-0.1, -0.05) is 42.5 Å². The summed E-state index contributed by atoms with van der Waals surface area (Å²) in [6.45, 7) is 0. The summed E-state index contributed by atoms with van der Waals surface area (Å²) in [5.41, 5.74) is 3.33. The fourth-order valence-corrected chi connectivity index (χ4v) is 4.75. The second-order valence-electron chi connectivity index (χ2n) is 7.33. The minimum Gasteiger partial charge on any atom is -0.497 e. The summed E-state index contributed by atoms with van der Waals surface area (Å²) < 4.78 is 33.2. The van der Waals surface area contributed by atoms with Gasteiger partial charge >= 0.3 is 5.97 Å². The third-order valence-electron chi connectivity index (χ3n) is 5.28. The van der Waals surface area contributed by atoms with Crippen LogP contribution in [0.3, 0.4) is 0 Å². The minimum absolute atomic E-state index is 0.0000571. The van der Waals surface area contributed by atoms with Crippen molar-refractivity contribution in [1.82, 2.24) is 9.71 Å². The Bertz CT molecular complexity index is 1340. The van der Waals surface area contributed by atoms with Gasteiger partial charge in [-0.05, 0) is 47.0 Å². The average Bonchev–Trinajstić information content (AvgIpc) is 3.21. The number of fused-ring (bicyclic) bond motifs is 1. The summed E-state index contributed by atoms with van der Waals surface area (Å²) >= 11 is 0. The van der Waals surface area contributed by atoms with E-state index in [1.165, 1.54) is 12.1 Å². The number of aromatic amines is 1. The number of rotatable bonds is 8. The van der Waals surface area contributed by atoms with Crippen LogP contribution in [0, 0.1) is 0 Å². The lowest BCUT2D eigenvalue weighted by atomic mass is 10.1. The molecular formula is C24H22N2O5S. The molecule has 0 aliphatic rings. The molecule has 0 spiro atoms. The van der Waals surface area contributed by atoms with Crippen LogP contribution in [-0.2, 0) is 21.2 Å². The van der Waals surface area contributed by atoms with Gasteiger partial charge in [0.25, 0.3) is 0 Å². The highest BCUT2D eigenvalue weighted by Gasteiger charge is 2.26. The number of sulfonamides is 1. The van der Waals surface area contributed by atoms with Crippen molar-refractivity contribution in [3.8, 4) is 16.9 Å². The molecular weight excluding hydrogens is 428 g/mol. The van der Waals surface area contributed by atoms with E-state index in [1.807, 2.05) is 48.5 Å². The number of carboxylic acids is 1. The van der Waals surface area contributed by atoms with Crippen molar-refractivity contribution in [2.45, 2.75) is 17.4 Å². The number of benzene rings is 3. The molecule has 0 amide bonds. The fraction of sp³-hybridized carbons (Fsp3) is 0.125. The Morgan fingerprint density at radius 3 is 2.25 bits per heavy atom. The quantitative estimate of drug-likeness (QED) is 0.378. The Labute approximate surface area is 185 Å². The van der Waals surface area contributed by atoms with Crippen molar-refractivity contribution in [2.24, 2.45) is 0 Å². The van der Waals surface area contributed by atoms with E-state index in [2.05, 4.69) is 9.71 Å². The molecule has 0 saturated carbocycles. The zero-order valence-electron chi connectivity index (χ0n) is 17.3. The molecule has 32 heavy (non-hydrogen) atoms. The van der Waals surface area contributed by atoms with E-state index in [0.717, 1.165) is 33.3 Å². The average molecular weight is 451 g/mol. The van der Waals surface area contributed by atoms with Crippen LogP contribution in [0.1, 0.15) is 5.56 Å². The van der Waals surface area contributed by atoms with Gasteiger partial charge in [-0.15, -0.1) is 0 Å². The van der Waals surface area contributed by atoms with Gasteiger partial charge in [0, 0.05) is 23.5 Å². The molecule has 1 aromatic heterocycles. The summed E-state index contributed by atoms with van der Waals surface area (Å²) in [4.78, 5) is 14.9. The molecule has 0 aliphatic heterocycles. The molecule has 3 N–H and O–H groups in total. The number of hydrogen-bond donors (Lipinski definition) is 3. The maximum atomic E-state index is 12.9. The molecule has 3 aromatic carbocycles. The van der Waals surface area contributed by atoms with E-state index in [0.29, 0.717) is 0 Å². The Hall–Kier alpha value is -3.62. The molecule has 8 heteroatoms. The lowest BCUT2D eigenvalue weighted by Gasteiger charge is -2.15. The minimum atomic E-state index is -4.03. The number of carboxylic acid groups (broad SMARTS) is 1. The molecule has 4 aromatic rings. The van der Waals surface area contributed by atoms with Crippen molar-refractivity contribution >= 4 is 26.9 Å². The van der Waals surface area contributed by atoms with Crippen molar-refractivity contribution < 1.29 is 23.1 Å². The highest BCUT2D eigenvalue weighted by atomic mass is 32.2. The molecule has 1 atom stereocenters. The number of ether oxygens (including phenoxy) is 1. The van der Waals surface area contributed by atoms with Gasteiger partial charge in [0.05, 0.1) is 12.0 Å². The first kappa shape index (κ1) is 21.6. The molecule has 0 bridgehead atoms. The summed E-state index contributed by atoms with van der Waals surface area (Å²) in [5, 5.41) is 10.5. The van der Waals surface area contributed by atoms with Gasteiger partial charge in [0.15, 0.2) is 0 Å². The van der Waals surface area contributed by atoms with Crippen LogP contribution >= 0.6 is 0 Å². The molecule has 4 rings (SSSR count). The molecule has 1 heterocycles. The van der Waals surface area contributed by atoms with Crippen molar-refractivity contribution in [2.75, 3.05) is 7.11 Å². The van der Waals surface area contributed by atoms with Crippen molar-refractivity contribution in [1.29, 1.82) is 0 Å². The van der Waals surface area contributed by atoms with Crippen LogP contribution in [-0.4, -0.2) is 37.6 Å². The van der Waals surface area contributed by atoms with E-state index < -0.39 is 22.0 Å². The summed E-state index contributed by atoms with van der Waals surface area (Å²) in [7, 11) is -2.44. The number of methoxy groups -OCH3 is 1. The fourth-order valence-electron chi connectivity index (χ4n) is 3.57. The zero-order chi connectivity index (χ0) is 22.7. The Kier molecular flexibility index (Phi) is 5.98. The number of hydrogen-bond acceptors (Lipinski definition) is 4. The standard InChI is InChI=1S/C24H22N2O5S/c1-31-19-10-6-16(7-11-19)17-8-12-20(13-9-17)32(29,30)26-23(24(27)28)14-18-15-25-22-5-3-2-4-21(18)22/h2-13,15,23,25-26H,14H2,1H3,(H,27,28)/t23-/m1/s1. The van der Waals surface area contributed by atoms with E-state index >= 15 is 0 Å². The Balaban J connectivity index is 1.54. The first-order valence-corrected chi connectivity index (χ1v) is 11.4. The van der Waals surface area contributed by atoms with Crippen LogP contribution in [0.15, 0.2) is 83.9 Å². The number of aliphatic carboxylic acids is 1. The molecule has 0 radical (unpaired) electrons. The van der Waals surface area contributed by atoms with Crippen LogP contribution in [0.25, 0.3) is 22.0 Å². The number of nitrogens with one attached hydrogen (secondary N) is 2. The predicted molar refractivity (Wildman–Crippen MR) is 122 cm³/mol. The van der Waals surface area contributed by atoms with Gasteiger partial charge in [-0.2, -0.15) is 4.72 Å². The largest absolute Gasteiger partial charge is 0.497 e. The highest BCUT2D eigenvalue weighted by Crippen LogP contribution is 2.24. The van der Waals surface area contributed by atoms with E-state index in [-0.39, 0.29) is 11.3 Å². The van der Waals surface area contributed by atoms with Crippen LogP contribution in [0.4, 0.5) is 0 Å². The summed E-state index contributed by atoms with van der Waals surface area (Å²) in [6, 6.07) is 19.9. The third kappa shape index (κ3) is 4.51. The Morgan fingerprint density at radius 1 is 1.00 bits per heavy atom. The number of aromatic nitrogens is 1. The van der Waals surface area contributed by atoms with Crippen molar-refractivity contribution in [3.63, 3.8) is 0 Å². The van der Waals surface area contributed by atoms with Gasteiger partial charge in [-0.25, -0.2) is 8.42 Å². The van der Waals surface area contributed by atoms with Gasteiger partial charge < -0.3 is 14.8 Å². The monoisotopic (exact) mass is 450 g/mol. The van der Waals surface area contributed by atoms with E-state index in [1.54, 1.807) is 25.4 Å². The lowest BCUT2D eigenvalue weighted by molar-refractivity contribution is -0.138. The second kappa shape index (κ2) is 8.86. The summed E-state index contributed by atoms with van der Waals surface area (Å²) in [6.07, 6.45) is 1.72. The highest BCUT2D eigenvalue weighted by molar-refractivity contribution is 7.89. The normalized spacial score (nSPS) is 12.5. The first-order chi connectivity index (χ1) is 15.4. The molecule has 0 fully saturated rings. The third-order valence-corrected chi connectivity index (χ3v) is 6.77. The van der Waals surface area contributed by atoms with Crippen molar-refractivity contribution in [3.05, 3.63) is 84.6 Å². The SMILES string of the molecule is COc1ccc(-c2ccc(S(=O)(=O)N[C@H](Cc3c[nH]c4ccccc34)C(=O)O)cc2)cc1. The number of carbonyl (C=O) groups is 1. The van der Waals surface area contributed by atoms with E-state index in [9.17, 15) is 18.3 Å². The maximum Gasteiger partial charge on any atom is 0.322 e. The summed E-state index contributed by atoms with van der Waals surface area (Å²) in [5.74, 6) is -0.513. The van der Waals surface area contributed by atoms with Crippen LogP contribution in [0.2, 0.25) is 0 Å².